The van der Waals surface area contributed by atoms with Crippen LogP contribution in [0.25, 0.3) is 22.3 Å². The summed E-state index contributed by atoms with van der Waals surface area (Å²) in [5.41, 5.74) is 3.99. The number of ether oxygens (including phenoxy) is 1. The first-order valence-corrected chi connectivity index (χ1v) is 12.1. The molecule has 0 fully saturated rings. The van der Waals surface area contributed by atoms with Gasteiger partial charge in [0, 0.05) is 35.6 Å². The minimum absolute atomic E-state index is 0.540. The van der Waals surface area contributed by atoms with E-state index in [9.17, 15) is 0 Å². The second-order valence-corrected chi connectivity index (χ2v) is 8.98. The fraction of sp³-hybridized carbons (Fsp3) is 0.207. The summed E-state index contributed by atoms with van der Waals surface area (Å²) in [5, 5.41) is 4.39. The highest BCUT2D eigenvalue weighted by atomic mass is 16.5. The quantitative estimate of drug-likeness (QED) is 0.275. The van der Waals surface area contributed by atoms with E-state index in [-0.39, 0.29) is 0 Å². The molecule has 5 aromatic rings. The Hall–Kier alpha value is -4.23. The summed E-state index contributed by atoms with van der Waals surface area (Å²) >= 11 is 0. The van der Waals surface area contributed by atoms with Crippen molar-refractivity contribution in [2.75, 3.05) is 26.0 Å². The molecule has 1 N–H and O–H groups in total. The van der Waals surface area contributed by atoms with E-state index in [0.29, 0.717) is 6.61 Å². The minimum Gasteiger partial charge on any atom is -0.489 e. The van der Waals surface area contributed by atoms with Crippen LogP contribution in [0.5, 0.6) is 5.75 Å². The highest BCUT2D eigenvalue weighted by Crippen LogP contribution is 2.28. The molecular weight excluding hydrogens is 448 g/mol. The summed E-state index contributed by atoms with van der Waals surface area (Å²) in [5.74, 6) is 2.52. The maximum atomic E-state index is 5.91. The number of aromatic nitrogens is 4. The first kappa shape index (κ1) is 23.5. The van der Waals surface area contributed by atoms with Crippen molar-refractivity contribution in [3.63, 3.8) is 0 Å². The van der Waals surface area contributed by atoms with Crippen LogP contribution >= 0.6 is 0 Å². The Bertz CT molecular complexity index is 1410. The van der Waals surface area contributed by atoms with Gasteiger partial charge < -0.3 is 19.5 Å². The summed E-state index contributed by atoms with van der Waals surface area (Å²) in [4.78, 5) is 15.8. The Morgan fingerprint density at radius 3 is 2.56 bits per heavy atom. The molecule has 0 spiro atoms. The van der Waals surface area contributed by atoms with E-state index in [1.807, 2.05) is 60.9 Å². The SMILES string of the molecule is CN(C)CCCn1ccnc1-c1ccc2ncnc(Nc3ccc(OCc4ccccc4)cc3)c2c1. The Labute approximate surface area is 211 Å². The summed E-state index contributed by atoms with van der Waals surface area (Å²) < 4.78 is 8.12. The lowest BCUT2D eigenvalue weighted by atomic mass is 10.1. The smallest absolute Gasteiger partial charge is 0.141 e. The van der Waals surface area contributed by atoms with Crippen LogP contribution in [0.3, 0.4) is 0 Å². The molecule has 0 amide bonds. The van der Waals surface area contributed by atoms with Gasteiger partial charge in [0.2, 0.25) is 0 Å². The van der Waals surface area contributed by atoms with Gasteiger partial charge in [0.25, 0.3) is 0 Å². The molecule has 36 heavy (non-hydrogen) atoms. The zero-order valence-corrected chi connectivity index (χ0v) is 20.6. The molecule has 182 valence electrons. The lowest BCUT2D eigenvalue weighted by molar-refractivity contribution is 0.306. The van der Waals surface area contributed by atoms with E-state index in [1.54, 1.807) is 6.33 Å². The first-order valence-electron chi connectivity index (χ1n) is 12.1. The molecule has 0 saturated carbocycles. The van der Waals surface area contributed by atoms with E-state index in [0.717, 1.165) is 64.6 Å². The number of hydrogen-bond acceptors (Lipinski definition) is 6. The molecule has 0 radical (unpaired) electrons. The van der Waals surface area contributed by atoms with E-state index in [2.05, 4.69) is 68.1 Å². The van der Waals surface area contributed by atoms with Crippen LogP contribution in [0.15, 0.2) is 91.5 Å². The third kappa shape index (κ3) is 5.70. The van der Waals surface area contributed by atoms with Gasteiger partial charge in [-0.1, -0.05) is 30.3 Å². The Morgan fingerprint density at radius 2 is 1.75 bits per heavy atom. The molecule has 7 heteroatoms. The number of benzene rings is 3. The molecule has 0 unspecified atom stereocenters. The van der Waals surface area contributed by atoms with Crippen LogP contribution in [-0.2, 0) is 13.2 Å². The topological polar surface area (TPSA) is 68.1 Å². The van der Waals surface area contributed by atoms with Gasteiger partial charge in [0.1, 0.15) is 30.3 Å². The fourth-order valence-electron chi connectivity index (χ4n) is 4.11. The maximum absolute atomic E-state index is 5.91. The Kier molecular flexibility index (Phi) is 7.19. The highest BCUT2D eigenvalue weighted by Gasteiger charge is 2.11. The normalized spacial score (nSPS) is 11.2. The fourth-order valence-corrected chi connectivity index (χ4v) is 4.11. The third-order valence-corrected chi connectivity index (χ3v) is 5.98. The van der Waals surface area contributed by atoms with Crippen molar-refractivity contribution in [3.8, 4) is 17.1 Å². The molecular formula is C29H30N6O. The number of rotatable bonds is 10. The summed E-state index contributed by atoms with van der Waals surface area (Å²) in [6.45, 7) is 2.49. The zero-order valence-electron chi connectivity index (χ0n) is 20.6. The van der Waals surface area contributed by atoms with Gasteiger partial charge in [-0.25, -0.2) is 15.0 Å². The van der Waals surface area contributed by atoms with Crippen molar-refractivity contribution in [1.82, 2.24) is 24.4 Å². The average molecular weight is 479 g/mol. The van der Waals surface area contributed by atoms with E-state index in [1.165, 1.54) is 0 Å². The Morgan fingerprint density at radius 1 is 0.917 bits per heavy atom. The van der Waals surface area contributed by atoms with E-state index >= 15 is 0 Å². The van der Waals surface area contributed by atoms with Gasteiger partial charge in [-0.15, -0.1) is 0 Å². The second-order valence-electron chi connectivity index (χ2n) is 8.98. The van der Waals surface area contributed by atoms with E-state index < -0.39 is 0 Å². The van der Waals surface area contributed by atoms with Crippen molar-refractivity contribution in [2.45, 2.75) is 19.6 Å². The number of nitrogens with zero attached hydrogens (tertiary/aromatic N) is 5. The van der Waals surface area contributed by atoms with Crippen molar-refractivity contribution < 1.29 is 4.74 Å². The van der Waals surface area contributed by atoms with Crippen LogP contribution in [0.1, 0.15) is 12.0 Å². The zero-order chi connectivity index (χ0) is 24.7. The molecule has 0 bridgehead atoms. The van der Waals surface area contributed by atoms with Crippen LogP contribution in [0, 0.1) is 0 Å². The largest absolute Gasteiger partial charge is 0.489 e. The van der Waals surface area contributed by atoms with E-state index in [4.69, 9.17) is 4.74 Å². The number of hydrogen-bond donors (Lipinski definition) is 1. The molecule has 0 atom stereocenters. The van der Waals surface area contributed by atoms with Crippen molar-refractivity contribution in [2.24, 2.45) is 0 Å². The molecule has 0 aliphatic rings. The monoisotopic (exact) mass is 478 g/mol. The minimum atomic E-state index is 0.540. The van der Waals surface area contributed by atoms with Crippen molar-refractivity contribution >= 4 is 22.4 Å². The average Bonchev–Trinajstić information content (AvgIpc) is 3.37. The molecule has 7 nitrogen and oxygen atoms in total. The van der Waals surface area contributed by atoms with Gasteiger partial charge in [-0.3, -0.25) is 0 Å². The first-order chi connectivity index (χ1) is 17.7. The molecule has 0 aliphatic carbocycles. The predicted octanol–water partition coefficient (Wildman–Crippen LogP) is 5.77. The van der Waals surface area contributed by atoms with Crippen LogP contribution in [0.2, 0.25) is 0 Å². The van der Waals surface area contributed by atoms with Gasteiger partial charge in [-0.05, 0) is 75.1 Å². The molecule has 0 saturated heterocycles. The third-order valence-electron chi connectivity index (χ3n) is 5.98. The highest BCUT2D eigenvalue weighted by molar-refractivity contribution is 5.93. The van der Waals surface area contributed by atoms with Crippen molar-refractivity contribution in [3.05, 3.63) is 97.1 Å². The van der Waals surface area contributed by atoms with Gasteiger partial charge in [-0.2, -0.15) is 0 Å². The molecule has 2 heterocycles. The maximum Gasteiger partial charge on any atom is 0.141 e. The lowest BCUT2D eigenvalue weighted by Crippen LogP contribution is -2.15. The summed E-state index contributed by atoms with van der Waals surface area (Å²) in [6.07, 6.45) is 6.54. The van der Waals surface area contributed by atoms with Crippen molar-refractivity contribution in [1.29, 1.82) is 0 Å². The molecule has 0 aliphatic heterocycles. The van der Waals surface area contributed by atoms with Crippen LogP contribution in [0.4, 0.5) is 11.5 Å². The predicted molar refractivity (Wildman–Crippen MR) is 144 cm³/mol. The molecule has 5 rings (SSSR count). The number of aryl methyl sites for hydroxylation is 1. The van der Waals surface area contributed by atoms with Crippen LogP contribution < -0.4 is 10.1 Å². The molecule has 2 aromatic heterocycles. The van der Waals surface area contributed by atoms with Gasteiger partial charge in [0.15, 0.2) is 0 Å². The number of fused-ring (bicyclic) bond motifs is 1. The number of imidazole rings is 1. The lowest BCUT2D eigenvalue weighted by Gasteiger charge is -2.13. The van der Waals surface area contributed by atoms with Gasteiger partial charge in [0.05, 0.1) is 5.52 Å². The summed E-state index contributed by atoms with van der Waals surface area (Å²) in [7, 11) is 4.19. The van der Waals surface area contributed by atoms with Crippen LogP contribution in [-0.4, -0.2) is 45.1 Å². The Balaban J connectivity index is 1.33. The van der Waals surface area contributed by atoms with Gasteiger partial charge >= 0.3 is 0 Å². The summed E-state index contributed by atoms with van der Waals surface area (Å²) in [6, 6.07) is 24.3. The standard InChI is InChI=1S/C29H30N6O/c1-34(2)16-6-17-35-18-15-30-29(35)23-9-14-27-26(19-23)28(32-21-31-27)33-24-10-12-25(13-11-24)36-20-22-7-4-3-5-8-22/h3-5,7-15,18-19,21H,6,16-17,20H2,1-2H3,(H,31,32,33). The second kappa shape index (κ2) is 11.0. The number of anilines is 2. The number of nitrogens with one attached hydrogen (secondary N) is 1. The molecule has 3 aromatic carbocycles.